The first-order valence-electron chi connectivity index (χ1n) is 8.53. The normalized spacial score (nSPS) is 26.5. The molecular formula is C18H21N3O3. The molecule has 4 rings (SSSR count). The predicted octanol–water partition coefficient (Wildman–Crippen LogP) is 1.29. The van der Waals surface area contributed by atoms with E-state index in [0.29, 0.717) is 12.3 Å². The van der Waals surface area contributed by atoms with Gasteiger partial charge in [0.2, 0.25) is 5.91 Å². The number of amides is 4. The molecule has 1 saturated heterocycles. The van der Waals surface area contributed by atoms with Crippen LogP contribution in [0.3, 0.4) is 0 Å². The van der Waals surface area contributed by atoms with Crippen molar-refractivity contribution in [3.63, 3.8) is 0 Å². The Morgan fingerprint density at radius 1 is 1.38 bits per heavy atom. The lowest BCUT2D eigenvalue weighted by molar-refractivity contribution is -0.135. The Morgan fingerprint density at radius 3 is 2.88 bits per heavy atom. The molecule has 6 nitrogen and oxygen atoms in total. The van der Waals surface area contributed by atoms with Gasteiger partial charge in [0, 0.05) is 6.04 Å². The summed E-state index contributed by atoms with van der Waals surface area (Å²) < 4.78 is 0. The summed E-state index contributed by atoms with van der Waals surface area (Å²) in [5, 5.41) is 5.73. The zero-order valence-corrected chi connectivity index (χ0v) is 13.7. The molecule has 0 radical (unpaired) electrons. The van der Waals surface area contributed by atoms with Crippen molar-refractivity contribution < 1.29 is 14.4 Å². The van der Waals surface area contributed by atoms with E-state index in [0.717, 1.165) is 35.3 Å². The maximum atomic E-state index is 12.9. The standard InChI is InChI=1S/C18H21N3O3/c1-11(12-6-7-12)19-15(22)10-21-16(23)18(20-17(21)24)9-8-13-4-2-3-5-14(13)18/h2-5,11-12H,6-10H2,1H3,(H,19,22)(H,20,24)/t11-,18-/m1/s1. The number of fused-ring (bicyclic) bond motifs is 2. The topological polar surface area (TPSA) is 78.5 Å². The van der Waals surface area contributed by atoms with E-state index in [1.165, 1.54) is 0 Å². The molecule has 0 unspecified atom stereocenters. The third kappa shape index (κ3) is 2.28. The number of carbonyl (C=O) groups is 3. The van der Waals surface area contributed by atoms with Crippen molar-refractivity contribution in [1.29, 1.82) is 0 Å². The first-order valence-corrected chi connectivity index (χ1v) is 8.53. The number of hydrogen-bond donors (Lipinski definition) is 2. The van der Waals surface area contributed by atoms with Gasteiger partial charge in [-0.2, -0.15) is 0 Å². The molecule has 2 aliphatic carbocycles. The average molecular weight is 327 g/mol. The molecule has 126 valence electrons. The number of urea groups is 1. The fourth-order valence-corrected chi connectivity index (χ4v) is 3.89. The quantitative estimate of drug-likeness (QED) is 0.818. The maximum Gasteiger partial charge on any atom is 0.325 e. The Hall–Kier alpha value is -2.37. The minimum Gasteiger partial charge on any atom is -0.352 e. The zero-order chi connectivity index (χ0) is 16.9. The molecule has 3 aliphatic rings. The van der Waals surface area contributed by atoms with Crippen molar-refractivity contribution in [1.82, 2.24) is 15.5 Å². The van der Waals surface area contributed by atoms with Crippen LogP contribution in [0.5, 0.6) is 0 Å². The van der Waals surface area contributed by atoms with Crippen molar-refractivity contribution in [2.24, 2.45) is 5.92 Å². The van der Waals surface area contributed by atoms with E-state index in [9.17, 15) is 14.4 Å². The number of nitrogens with one attached hydrogen (secondary N) is 2. The molecular weight excluding hydrogens is 306 g/mol. The Labute approximate surface area is 140 Å². The lowest BCUT2D eigenvalue weighted by Gasteiger charge is -2.22. The van der Waals surface area contributed by atoms with E-state index in [2.05, 4.69) is 10.6 Å². The van der Waals surface area contributed by atoms with E-state index in [1.54, 1.807) is 0 Å². The van der Waals surface area contributed by atoms with Crippen molar-refractivity contribution >= 4 is 17.8 Å². The average Bonchev–Trinajstić information content (AvgIpc) is 3.31. The van der Waals surface area contributed by atoms with Gasteiger partial charge in [0.25, 0.3) is 5.91 Å². The molecule has 2 N–H and O–H groups in total. The van der Waals surface area contributed by atoms with Crippen LogP contribution < -0.4 is 10.6 Å². The van der Waals surface area contributed by atoms with Gasteiger partial charge in [-0.05, 0) is 49.7 Å². The summed E-state index contributed by atoms with van der Waals surface area (Å²) in [6.07, 6.45) is 3.56. The van der Waals surface area contributed by atoms with Crippen molar-refractivity contribution in [3.8, 4) is 0 Å². The smallest absolute Gasteiger partial charge is 0.325 e. The van der Waals surface area contributed by atoms with Crippen molar-refractivity contribution in [2.45, 2.75) is 44.2 Å². The van der Waals surface area contributed by atoms with Gasteiger partial charge in [0.1, 0.15) is 12.1 Å². The van der Waals surface area contributed by atoms with Crippen LogP contribution in [0.2, 0.25) is 0 Å². The highest BCUT2D eigenvalue weighted by molar-refractivity contribution is 6.09. The summed E-state index contributed by atoms with van der Waals surface area (Å²) in [6.45, 7) is 1.75. The third-order valence-electron chi connectivity index (χ3n) is 5.44. The minimum absolute atomic E-state index is 0.0967. The molecule has 1 saturated carbocycles. The molecule has 1 spiro atoms. The highest BCUT2D eigenvalue weighted by Crippen LogP contribution is 2.41. The molecule has 4 amide bonds. The number of benzene rings is 1. The Kier molecular flexibility index (Phi) is 3.37. The highest BCUT2D eigenvalue weighted by atomic mass is 16.2. The van der Waals surface area contributed by atoms with E-state index < -0.39 is 11.6 Å². The Morgan fingerprint density at radius 2 is 2.12 bits per heavy atom. The van der Waals surface area contributed by atoms with Crippen LogP contribution in [0, 0.1) is 5.92 Å². The van der Waals surface area contributed by atoms with Crippen LogP contribution >= 0.6 is 0 Å². The first-order chi connectivity index (χ1) is 11.5. The van der Waals surface area contributed by atoms with Gasteiger partial charge in [-0.15, -0.1) is 0 Å². The van der Waals surface area contributed by atoms with E-state index >= 15 is 0 Å². The molecule has 1 aromatic carbocycles. The maximum absolute atomic E-state index is 12.9. The van der Waals surface area contributed by atoms with Crippen LogP contribution in [0.4, 0.5) is 4.79 Å². The van der Waals surface area contributed by atoms with E-state index in [1.807, 2.05) is 31.2 Å². The minimum atomic E-state index is -0.990. The second-order valence-electron chi connectivity index (χ2n) is 7.08. The molecule has 1 aromatic rings. The van der Waals surface area contributed by atoms with Crippen molar-refractivity contribution in [2.75, 3.05) is 6.54 Å². The fourth-order valence-electron chi connectivity index (χ4n) is 3.89. The summed E-state index contributed by atoms with van der Waals surface area (Å²) in [6, 6.07) is 7.29. The molecule has 0 bridgehead atoms. The summed E-state index contributed by atoms with van der Waals surface area (Å²) >= 11 is 0. The van der Waals surface area contributed by atoms with Gasteiger partial charge in [0.05, 0.1) is 0 Å². The second kappa shape index (κ2) is 5.33. The number of rotatable bonds is 4. The van der Waals surface area contributed by atoms with Crippen LogP contribution in [0.1, 0.15) is 37.3 Å². The largest absolute Gasteiger partial charge is 0.352 e. The molecule has 1 aliphatic heterocycles. The SMILES string of the molecule is C[C@@H](NC(=O)CN1C(=O)N[C@@]2(CCc3ccccc32)C1=O)C1CC1. The first kappa shape index (κ1) is 15.2. The second-order valence-corrected chi connectivity index (χ2v) is 7.08. The highest BCUT2D eigenvalue weighted by Gasteiger charge is 2.55. The monoisotopic (exact) mass is 327 g/mol. The summed E-state index contributed by atoms with van der Waals surface area (Å²) in [4.78, 5) is 38.5. The number of imide groups is 1. The molecule has 6 heteroatoms. The summed E-state index contributed by atoms with van der Waals surface area (Å²) in [5.74, 6) is -0.0574. The fraction of sp³-hybridized carbons (Fsp3) is 0.500. The summed E-state index contributed by atoms with van der Waals surface area (Å²) in [7, 11) is 0. The molecule has 2 atom stereocenters. The van der Waals surface area contributed by atoms with Gasteiger partial charge in [0.15, 0.2) is 0 Å². The van der Waals surface area contributed by atoms with Crippen LogP contribution in [0.15, 0.2) is 24.3 Å². The van der Waals surface area contributed by atoms with Gasteiger partial charge in [-0.25, -0.2) is 4.79 Å². The Balaban J connectivity index is 1.51. The number of carbonyl (C=O) groups excluding carboxylic acids is 3. The van der Waals surface area contributed by atoms with Crippen molar-refractivity contribution in [3.05, 3.63) is 35.4 Å². The van der Waals surface area contributed by atoms with Gasteiger partial charge in [-0.1, -0.05) is 24.3 Å². The lowest BCUT2D eigenvalue weighted by atomic mass is 9.92. The zero-order valence-electron chi connectivity index (χ0n) is 13.7. The predicted molar refractivity (Wildman–Crippen MR) is 87.0 cm³/mol. The van der Waals surface area contributed by atoms with Gasteiger partial charge in [-0.3, -0.25) is 14.5 Å². The number of hydrogen-bond acceptors (Lipinski definition) is 3. The third-order valence-corrected chi connectivity index (χ3v) is 5.44. The number of nitrogens with zero attached hydrogens (tertiary/aromatic N) is 1. The molecule has 0 aromatic heterocycles. The van der Waals surface area contributed by atoms with Crippen LogP contribution in [0.25, 0.3) is 0 Å². The molecule has 1 heterocycles. The lowest BCUT2D eigenvalue weighted by Crippen LogP contribution is -2.45. The number of aryl methyl sites for hydroxylation is 1. The van der Waals surface area contributed by atoms with Crippen LogP contribution in [-0.4, -0.2) is 35.3 Å². The van der Waals surface area contributed by atoms with E-state index in [4.69, 9.17) is 0 Å². The Bertz CT molecular complexity index is 728. The van der Waals surface area contributed by atoms with Gasteiger partial charge >= 0.3 is 6.03 Å². The van der Waals surface area contributed by atoms with E-state index in [-0.39, 0.29) is 24.4 Å². The van der Waals surface area contributed by atoms with Crippen LogP contribution in [-0.2, 0) is 21.5 Å². The van der Waals surface area contributed by atoms with Gasteiger partial charge < -0.3 is 10.6 Å². The summed E-state index contributed by atoms with van der Waals surface area (Å²) in [5.41, 5.74) is 0.952. The molecule has 24 heavy (non-hydrogen) atoms. The molecule has 2 fully saturated rings.